The number of nitrogens with two attached hydrogens (primary N) is 1. The van der Waals surface area contributed by atoms with Crippen molar-refractivity contribution in [2.24, 2.45) is 7.05 Å². The first kappa shape index (κ1) is 10.4. The smallest absolute Gasteiger partial charge is 0.188 e. The van der Waals surface area contributed by atoms with E-state index in [9.17, 15) is 4.39 Å². The molecule has 0 aromatic carbocycles. The summed E-state index contributed by atoms with van der Waals surface area (Å²) >= 11 is 0. The van der Waals surface area contributed by atoms with Crippen molar-refractivity contribution in [2.45, 2.75) is 38.4 Å². The molecule has 1 aromatic heterocycles. The van der Waals surface area contributed by atoms with Gasteiger partial charge in [-0.15, -0.1) is 0 Å². The van der Waals surface area contributed by atoms with Gasteiger partial charge in [-0.05, 0) is 20.3 Å². The Morgan fingerprint density at radius 3 is 2.60 bits per heavy atom. The van der Waals surface area contributed by atoms with E-state index in [1.54, 1.807) is 7.05 Å². The molecule has 2 heterocycles. The number of hydrogen-bond donors (Lipinski definition) is 1. The van der Waals surface area contributed by atoms with Crippen LogP contribution in [0.1, 0.15) is 31.9 Å². The normalized spacial score (nSPS) is 31.1. The van der Waals surface area contributed by atoms with Gasteiger partial charge in [-0.25, -0.2) is 4.39 Å². The molecule has 0 amide bonds. The van der Waals surface area contributed by atoms with Gasteiger partial charge in [0.25, 0.3) is 0 Å². The molecule has 2 N–H and O–H groups in total. The topological polar surface area (TPSA) is 53.1 Å². The maximum absolute atomic E-state index is 13.7. The molecule has 0 bridgehead atoms. The van der Waals surface area contributed by atoms with Gasteiger partial charge in [-0.2, -0.15) is 5.10 Å². The zero-order valence-corrected chi connectivity index (χ0v) is 9.20. The molecule has 5 heteroatoms. The van der Waals surface area contributed by atoms with Crippen molar-refractivity contribution in [3.05, 3.63) is 11.5 Å². The molecule has 1 aliphatic rings. The molecule has 2 rings (SSSR count). The van der Waals surface area contributed by atoms with Gasteiger partial charge in [0, 0.05) is 13.0 Å². The van der Waals surface area contributed by atoms with E-state index < -0.39 is 5.82 Å². The van der Waals surface area contributed by atoms with Crippen LogP contribution in [-0.4, -0.2) is 22.0 Å². The molecule has 0 radical (unpaired) electrons. The van der Waals surface area contributed by atoms with Gasteiger partial charge in [0.2, 0.25) is 0 Å². The molecular weight excluding hydrogens is 197 g/mol. The maximum atomic E-state index is 13.7. The number of anilines is 1. The second-order valence-corrected chi connectivity index (χ2v) is 4.20. The highest BCUT2D eigenvalue weighted by Crippen LogP contribution is 2.36. The van der Waals surface area contributed by atoms with Gasteiger partial charge in [0.05, 0.1) is 12.2 Å². The Hall–Kier alpha value is -1.10. The molecule has 3 unspecified atom stereocenters. The van der Waals surface area contributed by atoms with Crippen molar-refractivity contribution in [3.63, 3.8) is 0 Å². The number of nitrogens with zero attached hydrogens (tertiary/aromatic N) is 2. The van der Waals surface area contributed by atoms with Crippen molar-refractivity contribution >= 4 is 5.82 Å². The van der Waals surface area contributed by atoms with Crippen LogP contribution in [0.3, 0.4) is 0 Å². The van der Waals surface area contributed by atoms with E-state index in [2.05, 4.69) is 5.10 Å². The predicted octanol–water partition coefficient (Wildman–Crippen LogP) is 1.42. The first-order chi connectivity index (χ1) is 7.00. The lowest BCUT2D eigenvalue weighted by atomic mass is 9.96. The van der Waals surface area contributed by atoms with Crippen molar-refractivity contribution in [1.82, 2.24) is 9.78 Å². The van der Waals surface area contributed by atoms with E-state index in [1.807, 2.05) is 13.8 Å². The zero-order chi connectivity index (χ0) is 11.2. The number of nitrogen functional groups attached to an aromatic ring is 1. The van der Waals surface area contributed by atoms with Crippen molar-refractivity contribution in [1.29, 1.82) is 0 Å². The third kappa shape index (κ3) is 1.61. The maximum Gasteiger partial charge on any atom is 0.188 e. The third-order valence-electron chi connectivity index (χ3n) is 3.01. The largest absolute Gasteiger partial charge is 0.381 e. The standard InChI is InChI=1S/C10H16FN3O/c1-5-4-7(6(2)15-5)9-8(11)10(12)14(3)13-9/h5-7H,4,12H2,1-3H3. The summed E-state index contributed by atoms with van der Waals surface area (Å²) in [6.07, 6.45) is 0.964. The van der Waals surface area contributed by atoms with E-state index in [4.69, 9.17) is 10.5 Å². The van der Waals surface area contributed by atoms with E-state index >= 15 is 0 Å². The van der Waals surface area contributed by atoms with Gasteiger partial charge in [0.15, 0.2) is 11.6 Å². The highest BCUT2D eigenvalue weighted by molar-refractivity contribution is 5.35. The minimum Gasteiger partial charge on any atom is -0.381 e. The number of halogens is 1. The molecule has 1 aromatic rings. The van der Waals surface area contributed by atoms with Crippen LogP contribution in [0, 0.1) is 5.82 Å². The van der Waals surface area contributed by atoms with Gasteiger partial charge >= 0.3 is 0 Å². The Balaban J connectivity index is 2.33. The average Bonchev–Trinajstić information content (AvgIpc) is 2.61. The SMILES string of the molecule is CC1CC(c2nn(C)c(N)c2F)C(C)O1. The lowest BCUT2D eigenvalue weighted by Gasteiger charge is -2.10. The fourth-order valence-corrected chi connectivity index (χ4v) is 2.17. The second kappa shape index (κ2) is 3.48. The monoisotopic (exact) mass is 213 g/mol. The first-order valence-electron chi connectivity index (χ1n) is 5.14. The Labute approximate surface area is 88.2 Å². The number of aryl methyl sites for hydroxylation is 1. The summed E-state index contributed by atoms with van der Waals surface area (Å²) in [6, 6.07) is 0. The first-order valence-corrected chi connectivity index (χ1v) is 5.14. The fourth-order valence-electron chi connectivity index (χ4n) is 2.17. The summed E-state index contributed by atoms with van der Waals surface area (Å²) in [6.45, 7) is 3.93. The molecule has 15 heavy (non-hydrogen) atoms. The van der Waals surface area contributed by atoms with Crippen LogP contribution in [0.15, 0.2) is 0 Å². The predicted molar refractivity (Wildman–Crippen MR) is 54.9 cm³/mol. The molecule has 1 fully saturated rings. The zero-order valence-electron chi connectivity index (χ0n) is 9.20. The van der Waals surface area contributed by atoms with Crippen LogP contribution in [0.5, 0.6) is 0 Å². The van der Waals surface area contributed by atoms with E-state index in [1.165, 1.54) is 4.68 Å². The van der Waals surface area contributed by atoms with Crippen molar-refractivity contribution < 1.29 is 9.13 Å². The molecule has 0 aliphatic carbocycles. The lowest BCUT2D eigenvalue weighted by molar-refractivity contribution is 0.0626. The Kier molecular flexibility index (Phi) is 2.42. The summed E-state index contributed by atoms with van der Waals surface area (Å²) < 4.78 is 20.7. The number of ether oxygens (including phenoxy) is 1. The van der Waals surface area contributed by atoms with E-state index in [-0.39, 0.29) is 23.9 Å². The minimum absolute atomic E-state index is 0.00352. The summed E-state index contributed by atoms with van der Waals surface area (Å²) in [5.41, 5.74) is 5.97. The van der Waals surface area contributed by atoms with Crippen LogP contribution >= 0.6 is 0 Å². The summed E-state index contributed by atoms with van der Waals surface area (Å²) in [5.74, 6) is -0.285. The highest BCUT2D eigenvalue weighted by atomic mass is 19.1. The van der Waals surface area contributed by atoms with E-state index in [0.717, 1.165) is 6.42 Å². The average molecular weight is 213 g/mol. The van der Waals surface area contributed by atoms with Crippen LogP contribution in [0.4, 0.5) is 10.2 Å². The van der Waals surface area contributed by atoms with Crippen molar-refractivity contribution in [2.75, 3.05) is 5.73 Å². The molecular formula is C10H16FN3O. The Bertz CT molecular complexity index is 377. The Morgan fingerprint density at radius 2 is 2.20 bits per heavy atom. The third-order valence-corrected chi connectivity index (χ3v) is 3.01. The van der Waals surface area contributed by atoms with Crippen LogP contribution in [-0.2, 0) is 11.8 Å². The van der Waals surface area contributed by atoms with Gasteiger partial charge < -0.3 is 10.5 Å². The quantitative estimate of drug-likeness (QED) is 0.767. The molecule has 84 valence electrons. The van der Waals surface area contributed by atoms with Crippen LogP contribution in [0.2, 0.25) is 0 Å². The summed E-state index contributed by atoms with van der Waals surface area (Å²) in [7, 11) is 1.64. The molecule has 0 spiro atoms. The van der Waals surface area contributed by atoms with Gasteiger partial charge in [-0.3, -0.25) is 4.68 Å². The highest BCUT2D eigenvalue weighted by Gasteiger charge is 2.35. The van der Waals surface area contributed by atoms with E-state index in [0.29, 0.717) is 5.69 Å². The fraction of sp³-hybridized carbons (Fsp3) is 0.700. The molecule has 4 nitrogen and oxygen atoms in total. The van der Waals surface area contributed by atoms with Crippen molar-refractivity contribution in [3.8, 4) is 0 Å². The second-order valence-electron chi connectivity index (χ2n) is 4.20. The molecule has 0 saturated carbocycles. The number of aromatic nitrogens is 2. The molecule has 3 atom stereocenters. The van der Waals surface area contributed by atoms with Gasteiger partial charge in [-0.1, -0.05) is 0 Å². The summed E-state index contributed by atoms with van der Waals surface area (Å²) in [4.78, 5) is 0. The number of hydrogen-bond acceptors (Lipinski definition) is 3. The summed E-state index contributed by atoms with van der Waals surface area (Å²) in [5, 5.41) is 4.11. The minimum atomic E-state index is -0.396. The molecule has 1 aliphatic heterocycles. The molecule has 1 saturated heterocycles. The van der Waals surface area contributed by atoms with Crippen LogP contribution < -0.4 is 5.73 Å². The van der Waals surface area contributed by atoms with Gasteiger partial charge in [0.1, 0.15) is 5.69 Å². The van der Waals surface area contributed by atoms with Crippen LogP contribution in [0.25, 0.3) is 0 Å². The Morgan fingerprint density at radius 1 is 1.53 bits per heavy atom. The number of rotatable bonds is 1. The lowest BCUT2D eigenvalue weighted by Crippen LogP contribution is -2.11.